The Morgan fingerprint density at radius 3 is 2.58 bits per heavy atom. The SMILES string of the molecule is O=C(NC1CCNCC1)C(Oc1cccc(Br)c1)c1ccccc1. The number of piperidine rings is 1. The summed E-state index contributed by atoms with van der Waals surface area (Å²) in [5.41, 5.74) is 0.851. The van der Waals surface area contributed by atoms with Gasteiger partial charge in [-0.3, -0.25) is 4.79 Å². The lowest BCUT2D eigenvalue weighted by molar-refractivity contribution is -0.129. The molecule has 1 aliphatic rings. The van der Waals surface area contributed by atoms with Crippen LogP contribution in [0.25, 0.3) is 0 Å². The van der Waals surface area contributed by atoms with Crippen molar-refractivity contribution in [3.05, 3.63) is 64.6 Å². The number of benzene rings is 2. The molecule has 1 atom stereocenters. The highest BCUT2D eigenvalue weighted by Gasteiger charge is 2.25. The van der Waals surface area contributed by atoms with Crippen LogP contribution in [0, 0.1) is 0 Å². The van der Waals surface area contributed by atoms with E-state index in [1.165, 1.54) is 0 Å². The summed E-state index contributed by atoms with van der Waals surface area (Å²) in [6.07, 6.45) is 1.24. The Morgan fingerprint density at radius 2 is 1.88 bits per heavy atom. The standard InChI is InChI=1S/C19H21BrN2O2/c20-15-7-4-8-17(13-15)24-18(14-5-2-1-3-6-14)19(23)22-16-9-11-21-12-10-16/h1-8,13,16,18,21H,9-12H2,(H,22,23). The van der Waals surface area contributed by atoms with Crippen molar-refractivity contribution < 1.29 is 9.53 Å². The van der Waals surface area contributed by atoms with Gasteiger partial charge in [-0.25, -0.2) is 0 Å². The van der Waals surface area contributed by atoms with Gasteiger partial charge in [0.15, 0.2) is 0 Å². The topological polar surface area (TPSA) is 50.4 Å². The zero-order valence-corrected chi connectivity index (χ0v) is 15.0. The lowest BCUT2D eigenvalue weighted by atomic mass is 10.0. The summed E-state index contributed by atoms with van der Waals surface area (Å²) in [5, 5.41) is 6.44. The molecule has 126 valence electrons. The predicted molar refractivity (Wildman–Crippen MR) is 98.0 cm³/mol. The normalized spacial score (nSPS) is 16.4. The third-order valence-electron chi connectivity index (χ3n) is 4.08. The molecule has 0 bridgehead atoms. The van der Waals surface area contributed by atoms with Crippen LogP contribution in [0.15, 0.2) is 59.1 Å². The molecule has 5 heteroatoms. The first-order chi connectivity index (χ1) is 11.7. The molecule has 0 aliphatic carbocycles. The molecule has 2 aromatic rings. The van der Waals surface area contributed by atoms with E-state index in [1.54, 1.807) is 0 Å². The maximum atomic E-state index is 12.8. The number of carbonyl (C=O) groups is 1. The average molecular weight is 389 g/mol. The molecular formula is C19H21BrN2O2. The zero-order chi connectivity index (χ0) is 16.8. The molecule has 1 unspecified atom stereocenters. The Hall–Kier alpha value is -1.85. The van der Waals surface area contributed by atoms with Gasteiger partial charge in [0.1, 0.15) is 5.75 Å². The van der Waals surface area contributed by atoms with Gasteiger partial charge in [-0.1, -0.05) is 52.3 Å². The molecule has 2 N–H and O–H groups in total. The van der Waals surface area contributed by atoms with Crippen LogP contribution < -0.4 is 15.4 Å². The number of hydrogen-bond donors (Lipinski definition) is 2. The van der Waals surface area contributed by atoms with Crippen molar-refractivity contribution in [1.82, 2.24) is 10.6 Å². The van der Waals surface area contributed by atoms with Gasteiger partial charge < -0.3 is 15.4 Å². The number of rotatable bonds is 5. The second-order valence-electron chi connectivity index (χ2n) is 5.90. The number of halogens is 1. The molecule has 0 saturated carbocycles. The molecule has 0 radical (unpaired) electrons. The number of ether oxygens (including phenoxy) is 1. The van der Waals surface area contributed by atoms with E-state index in [9.17, 15) is 4.79 Å². The van der Waals surface area contributed by atoms with Crippen LogP contribution >= 0.6 is 15.9 Å². The maximum Gasteiger partial charge on any atom is 0.266 e. The van der Waals surface area contributed by atoms with Gasteiger partial charge in [0.2, 0.25) is 6.10 Å². The van der Waals surface area contributed by atoms with Crippen LogP contribution in [0.3, 0.4) is 0 Å². The van der Waals surface area contributed by atoms with Crippen molar-refractivity contribution in [3.63, 3.8) is 0 Å². The molecule has 1 heterocycles. The van der Waals surface area contributed by atoms with Crippen molar-refractivity contribution in [2.24, 2.45) is 0 Å². The molecule has 1 fully saturated rings. The monoisotopic (exact) mass is 388 g/mol. The fraction of sp³-hybridized carbons (Fsp3) is 0.316. The quantitative estimate of drug-likeness (QED) is 0.824. The smallest absolute Gasteiger partial charge is 0.266 e. The second-order valence-corrected chi connectivity index (χ2v) is 6.81. The molecule has 1 saturated heterocycles. The van der Waals surface area contributed by atoms with Gasteiger partial charge in [-0.2, -0.15) is 0 Å². The van der Waals surface area contributed by atoms with Gasteiger partial charge in [-0.05, 0) is 44.1 Å². The van der Waals surface area contributed by atoms with Gasteiger partial charge in [0, 0.05) is 16.1 Å². The Balaban J connectivity index is 1.77. The molecule has 1 amide bonds. The minimum atomic E-state index is -0.657. The number of hydrogen-bond acceptors (Lipinski definition) is 3. The summed E-state index contributed by atoms with van der Waals surface area (Å²) in [4.78, 5) is 12.8. The third-order valence-corrected chi connectivity index (χ3v) is 4.57. The van der Waals surface area contributed by atoms with E-state index >= 15 is 0 Å². The average Bonchev–Trinajstić information content (AvgIpc) is 2.61. The van der Waals surface area contributed by atoms with E-state index in [0.29, 0.717) is 5.75 Å². The van der Waals surface area contributed by atoms with Gasteiger partial charge >= 0.3 is 0 Å². The first-order valence-electron chi connectivity index (χ1n) is 8.20. The lowest BCUT2D eigenvalue weighted by Gasteiger charge is -2.26. The second kappa shape index (κ2) is 8.31. The van der Waals surface area contributed by atoms with Crippen LogP contribution in [-0.4, -0.2) is 25.0 Å². The van der Waals surface area contributed by atoms with Gasteiger partial charge in [0.25, 0.3) is 5.91 Å². The van der Waals surface area contributed by atoms with Crippen LogP contribution in [0.1, 0.15) is 24.5 Å². The van der Waals surface area contributed by atoms with Crippen molar-refractivity contribution in [2.75, 3.05) is 13.1 Å². The van der Waals surface area contributed by atoms with Crippen molar-refractivity contribution in [3.8, 4) is 5.75 Å². The largest absolute Gasteiger partial charge is 0.476 e. The summed E-state index contributed by atoms with van der Waals surface area (Å²) in [5.74, 6) is 0.576. The molecule has 1 aliphatic heterocycles. The first-order valence-corrected chi connectivity index (χ1v) is 9.00. The predicted octanol–water partition coefficient (Wildman–Crippen LogP) is 3.44. The minimum Gasteiger partial charge on any atom is -0.476 e. The van der Waals surface area contributed by atoms with E-state index in [4.69, 9.17) is 4.74 Å². The third kappa shape index (κ3) is 4.58. The van der Waals surface area contributed by atoms with Crippen molar-refractivity contribution in [2.45, 2.75) is 25.0 Å². The van der Waals surface area contributed by atoms with Crippen LogP contribution in [-0.2, 0) is 4.79 Å². The highest BCUT2D eigenvalue weighted by atomic mass is 79.9. The molecule has 0 aromatic heterocycles. The zero-order valence-electron chi connectivity index (χ0n) is 13.4. The van der Waals surface area contributed by atoms with E-state index in [2.05, 4.69) is 26.6 Å². The Labute approximate surface area is 150 Å². The number of nitrogens with one attached hydrogen (secondary N) is 2. The highest BCUT2D eigenvalue weighted by molar-refractivity contribution is 9.10. The maximum absolute atomic E-state index is 12.8. The number of amides is 1. The Kier molecular flexibility index (Phi) is 5.88. The molecule has 3 rings (SSSR count). The summed E-state index contributed by atoms with van der Waals surface area (Å²) in [7, 11) is 0. The highest BCUT2D eigenvalue weighted by Crippen LogP contribution is 2.25. The summed E-state index contributed by atoms with van der Waals surface area (Å²) < 4.78 is 6.95. The fourth-order valence-electron chi connectivity index (χ4n) is 2.82. The molecule has 4 nitrogen and oxygen atoms in total. The van der Waals surface area contributed by atoms with Gasteiger partial charge in [-0.15, -0.1) is 0 Å². The Bertz CT molecular complexity index is 672. The fourth-order valence-corrected chi connectivity index (χ4v) is 3.20. The molecule has 2 aromatic carbocycles. The molecular weight excluding hydrogens is 368 g/mol. The van der Waals surface area contributed by atoms with Crippen LogP contribution in [0.2, 0.25) is 0 Å². The van der Waals surface area contributed by atoms with E-state index < -0.39 is 6.10 Å². The van der Waals surface area contributed by atoms with Crippen molar-refractivity contribution in [1.29, 1.82) is 0 Å². The lowest BCUT2D eigenvalue weighted by Crippen LogP contribution is -2.45. The van der Waals surface area contributed by atoms with E-state index in [0.717, 1.165) is 36.0 Å². The van der Waals surface area contributed by atoms with E-state index in [1.807, 2.05) is 54.6 Å². The van der Waals surface area contributed by atoms with Crippen molar-refractivity contribution >= 4 is 21.8 Å². The van der Waals surface area contributed by atoms with Crippen LogP contribution in [0.4, 0.5) is 0 Å². The first kappa shape index (κ1) is 17.0. The number of carbonyl (C=O) groups excluding carboxylic acids is 1. The summed E-state index contributed by atoms with van der Waals surface area (Å²) in [6.45, 7) is 1.88. The Morgan fingerprint density at radius 1 is 1.12 bits per heavy atom. The molecule has 0 spiro atoms. The molecule has 24 heavy (non-hydrogen) atoms. The summed E-state index contributed by atoms with van der Waals surface area (Å²) in [6, 6.07) is 17.4. The summed E-state index contributed by atoms with van der Waals surface area (Å²) >= 11 is 3.44. The van der Waals surface area contributed by atoms with E-state index in [-0.39, 0.29) is 11.9 Å². The minimum absolute atomic E-state index is 0.0897. The van der Waals surface area contributed by atoms with Gasteiger partial charge in [0.05, 0.1) is 0 Å². The van der Waals surface area contributed by atoms with Crippen LogP contribution in [0.5, 0.6) is 5.75 Å².